The van der Waals surface area contributed by atoms with Crippen molar-refractivity contribution in [2.45, 2.75) is 84.8 Å². The standard InChI is InChI=1S/C11H17NO5.C8H17NO2.C4H9NO2/c1-11(2,3)16-7-6-10(15)17-12-8(13)4-5-9(12)14;1-8(2,3)11-6-5-7(10)9-4;1-5-4(7)2-3-6/h4-7H2,1-3H3;5-6H2,1-4H3,(H,9,10);6H,2-3H2,1H3,(H,5,7). The summed E-state index contributed by atoms with van der Waals surface area (Å²) < 4.78 is 10.7. The Balaban J connectivity index is 0. The summed E-state index contributed by atoms with van der Waals surface area (Å²) in [6.07, 6.45) is 0.855. The highest BCUT2D eigenvalue weighted by Gasteiger charge is 2.32. The zero-order valence-electron chi connectivity index (χ0n) is 22.3. The van der Waals surface area contributed by atoms with Crippen LogP contribution in [-0.4, -0.2) is 84.9 Å². The summed E-state index contributed by atoms with van der Waals surface area (Å²) in [5, 5.41) is 13.5. The second-order valence-electron chi connectivity index (χ2n) is 9.29. The van der Waals surface area contributed by atoms with Crippen molar-refractivity contribution < 1.29 is 43.4 Å². The summed E-state index contributed by atoms with van der Waals surface area (Å²) in [6, 6.07) is 0. The fraction of sp³-hybridized carbons (Fsp3) is 0.783. The molecule has 0 atom stereocenters. The van der Waals surface area contributed by atoms with E-state index in [0.29, 0.717) is 18.1 Å². The highest BCUT2D eigenvalue weighted by molar-refractivity contribution is 6.01. The Bertz CT molecular complexity index is 667. The Labute approximate surface area is 208 Å². The fourth-order valence-electron chi connectivity index (χ4n) is 2.05. The van der Waals surface area contributed by atoms with Crippen molar-refractivity contribution in [3.63, 3.8) is 0 Å². The molecule has 4 amide bonds. The molecule has 35 heavy (non-hydrogen) atoms. The zero-order valence-corrected chi connectivity index (χ0v) is 22.3. The number of aliphatic hydroxyl groups excluding tert-OH is 1. The van der Waals surface area contributed by atoms with Crippen LogP contribution in [0.3, 0.4) is 0 Å². The maximum Gasteiger partial charge on any atom is 0.335 e. The van der Waals surface area contributed by atoms with Crippen molar-refractivity contribution in [2.75, 3.05) is 33.9 Å². The van der Waals surface area contributed by atoms with Gasteiger partial charge in [-0.1, -0.05) is 0 Å². The summed E-state index contributed by atoms with van der Waals surface area (Å²) in [6.45, 7) is 12.1. The number of hydrogen-bond acceptors (Lipinski definition) is 9. The van der Waals surface area contributed by atoms with Crippen LogP contribution in [0.2, 0.25) is 0 Å². The molecule has 1 aliphatic rings. The number of ether oxygens (including phenoxy) is 2. The van der Waals surface area contributed by atoms with E-state index in [0.717, 1.165) is 0 Å². The zero-order chi connectivity index (χ0) is 27.7. The molecular formula is C23H43N3O9. The van der Waals surface area contributed by atoms with Gasteiger partial charge in [-0.2, -0.15) is 0 Å². The van der Waals surface area contributed by atoms with Gasteiger partial charge in [-0.3, -0.25) is 19.2 Å². The van der Waals surface area contributed by atoms with E-state index in [1.54, 1.807) is 7.05 Å². The van der Waals surface area contributed by atoms with Crippen LogP contribution in [0, 0.1) is 0 Å². The molecule has 0 radical (unpaired) electrons. The van der Waals surface area contributed by atoms with Gasteiger partial charge in [0, 0.05) is 39.8 Å². The minimum Gasteiger partial charge on any atom is -0.396 e. The molecule has 1 saturated heterocycles. The lowest BCUT2D eigenvalue weighted by Crippen LogP contribution is -2.32. The number of imide groups is 1. The predicted octanol–water partition coefficient (Wildman–Crippen LogP) is 0.851. The SMILES string of the molecule is CC(C)(C)OCCC(=O)ON1C(=O)CCC1=O.CNC(=O)CCO.CNC(=O)CCOC(C)(C)C. The Morgan fingerprint density at radius 2 is 1.20 bits per heavy atom. The Morgan fingerprint density at radius 3 is 1.54 bits per heavy atom. The van der Waals surface area contributed by atoms with Crippen LogP contribution < -0.4 is 10.6 Å². The van der Waals surface area contributed by atoms with Crippen molar-refractivity contribution in [3.8, 4) is 0 Å². The monoisotopic (exact) mass is 505 g/mol. The van der Waals surface area contributed by atoms with Crippen molar-refractivity contribution in [1.82, 2.24) is 15.7 Å². The third kappa shape index (κ3) is 21.7. The molecule has 1 rings (SSSR count). The van der Waals surface area contributed by atoms with E-state index >= 15 is 0 Å². The summed E-state index contributed by atoms with van der Waals surface area (Å²) in [7, 11) is 3.16. The van der Waals surface area contributed by atoms with Crippen LogP contribution in [0.15, 0.2) is 0 Å². The largest absolute Gasteiger partial charge is 0.396 e. The Morgan fingerprint density at radius 1 is 0.800 bits per heavy atom. The molecule has 3 N–H and O–H groups in total. The first kappa shape index (κ1) is 34.6. The molecule has 0 aromatic heterocycles. The van der Waals surface area contributed by atoms with Crippen LogP contribution in [0.4, 0.5) is 0 Å². The molecule has 12 nitrogen and oxygen atoms in total. The second-order valence-corrected chi connectivity index (χ2v) is 9.29. The van der Waals surface area contributed by atoms with Gasteiger partial charge in [-0.05, 0) is 41.5 Å². The first-order valence-electron chi connectivity index (χ1n) is 11.4. The van der Waals surface area contributed by atoms with Gasteiger partial charge in [0.2, 0.25) is 11.8 Å². The first-order valence-corrected chi connectivity index (χ1v) is 11.4. The predicted molar refractivity (Wildman–Crippen MR) is 128 cm³/mol. The van der Waals surface area contributed by atoms with Crippen LogP contribution in [0.1, 0.15) is 73.6 Å². The maximum absolute atomic E-state index is 11.3. The van der Waals surface area contributed by atoms with E-state index in [4.69, 9.17) is 14.6 Å². The van der Waals surface area contributed by atoms with Crippen molar-refractivity contribution in [2.24, 2.45) is 0 Å². The lowest BCUT2D eigenvalue weighted by atomic mass is 10.2. The van der Waals surface area contributed by atoms with E-state index in [2.05, 4.69) is 15.5 Å². The summed E-state index contributed by atoms with van der Waals surface area (Å²) in [5.74, 6) is -1.69. The van der Waals surface area contributed by atoms with Crippen molar-refractivity contribution in [3.05, 3.63) is 0 Å². The van der Waals surface area contributed by atoms with E-state index < -0.39 is 17.8 Å². The number of nitrogens with one attached hydrogen (secondary N) is 2. The summed E-state index contributed by atoms with van der Waals surface area (Å²) in [4.78, 5) is 59.1. The minimum absolute atomic E-state index is 0.00826. The number of aliphatic hydroxyl groups is 1. The van der Waals surface area contributed by atoms with E-state index in [9.17, 15) is 24.0 Å². The number of rotatable bonds is 9. The molecule has 1 aliphatic heterocycles. The molecule has 0 aromatic rings. The number of carbonyl (C=O) groups is 5. The van der Waals surface area contributed by atoms with Crippen molar-refractivity contribution >= 4 is 29.6 Å². The van der Waals surface area contributed by atoms with Crippen LogP contribution in [0.5, 0.6) is 0 Å². The van der Waals surface area contributed by atoms with Gasteiger partial charge in [0.25, 0.3) is 11.8 Å². The number of amides is 4. The Hall–Kier alpha value is -2.57. The summed E-state index contributed by atoms with van der Waals surface area (Å²) >= 11 is 0. The fourth-order valence-corrected chi connectivity index (χ4v) is 2.05. The van der Waals surface area contributed by atoms with E-state index in [1.807, 2.05) is 41.5 Å². The van der Waals surface area contributed by atoms with Crippen LogP contribution in [0.25, 0.3) is 0 Å². The van der Waals surface area contributed by atoms with Gasteiger partial charge >= 0.3 is 5.97 Å². The van der Waals surface area contributed by atoms with Crippen LogP contribution >= 0.6 is 0 Å². The quantitative estimate of drug-likeness (QED) is 0.386. The van der Waals surface area contributed by atoms with Gasteiger partial charge in [-0.15, -0.1) is 5.06 Å². The van der Waals surface area contributed by atoms with Gasteiger partial charge in [0.05, 0.1) is 37.4 Å². The van der Waals surface area contributed by atoms with Crippen LogP contribution in [-0.2, 0) is 38.3 Å². The van der Waals surface area contributed by atoms with Gasteiger partial charge in [0.15, 0.2) is 0 Å². The molecule has 204 valence electrons. The molecule has 0 aromatic carbocycles. The number of carbonyl (C=O) groups excluding carboxylic acids is 5. The molecular weight excluding hydrogens is 462 g/mol. The molecule has 0 unspecified atom stereocenters. The van der Waals surface area contributed by atoms with Gasteiger partial charge in [0.1, 0.15) is 0 Å². The Kier molecular flexibility index (Phi) is 17.6. The normalized spacial score (nSPS) is 13.2. The highest BCUT2D eigenvalue weighted by atomic mass is 16.7. The molecule has 0 spiro atoms. The highest BCUT2D eigenvalue weighted by Crippen LogP contribution is 2.13. The first-order chi connectivity index (χ1) is 16.1. The minimum atomic E-state index is -0.641. The second kappa shape index (κ2) is 17.8. The summed E-state index contributed by atoms with van der Waals surface area (Å²) in [5.41, 5.74) is -0.479. The average Bonchev–Trinajstić information content (AvgIpc) is 3.04. The third-order valence-corrected chi connectivity index (χ3v) is 3.80. The topological polar surface area (TPSA) is 161 Å². The molecule has 0 saturated carbocycles. The number of nitrogens with zero attached hydrogens (tertiary/aromatic N) is 1. The molecule has 1 heterocycles. The molecule has 12 heteroatoms. The third-order valence-electron chi connectivity index (χ3n) is 3.80. The number of hydrogen-bond donors (Lipinski definition) is 3. The molecule has 0 aliphatic carbocycles. The van der Waals surface area contributed by atoms with Crippen molar-refractivity contribution in [1.29, 1.82) is 0 Å². The average molecular weight is 506 g/mol. The molecule has 0 bridgehead atoms. The number of hydroxylamine groups is 2. The lowest BCUT2D eigenvalue weighted by Gasteiger charge is -2.19. The van der Waals surface area contributed by atoms with Gasteiger partial charge in [-0.25, -0.2) is 4.79 Å². The van der Waals surface area contributed by atoms with E-state index in [-0.39, 0.29) is 61.9 Å². The van der Waals surface area contributed by atoms with Gasteiger partial charge < -0.3 is 30.1 Å². The smallest absolute Gasteiger partial charge is 0.335 e. The van der Waals surface area contributed by atoms with E-state index in [1.165, 1.54) is 7.05 Å². The molecule has 1 fully saturated rings. The lowest BCUT2D eigenvalue weighted by molar-refractivity contribution is -0.198. The maximum atomic E-state index is 11.3.